The van der Waals surface area contributed by atoms with Gasteiger partial charge < -0.3 is 10.6 Å². The molecule has 0 bridgehead atoms. The van der Waals surface area contributed by atoms with Crippen molar-refractivity contribution in [1.29, 1.82) is 0 Å². The first kappa shape index (κ1) is 15.5. The van der Waals surface area contributed by atoms with Gasteiger partial charge in [0.25, 0.3) is 0 Å². The van der Waals surface area contributed by atoms with Crippen molar-refractivity contribution in [2.45, 2.75) is 25.6 Å². The van der Waals surface area contributed by atoms with Crippen LogP contribution < -0.4 is 5.73 Å². The van der Waals surface area contributed by atoms with Crippen LogP contribution in [0.3, 0.4) is 0 Å². The molecule has 0 saturated heterocycles. The summed E-state index contributed by atoms with van der Waals surface area (Å²) in [5.74, 6) is -0.329. The zero-order valence-corrected chi connectivity index (χ0v) is 10.7. The van der Waals surface area contributed by atoms with E-state index in [2.05, 4.69) is 0 Å². The molecule has 2 N–H and O–H groups in total. The number of hydrogen-bond acceptors (Lipinski definition) is 2. The molecule has 0 aliphatic heterocycles. The number of amides is 1. The fourth-order valence-corrected chi connectivity index (χ4v) is 1.52. The summed E-state index contributed by atoms with van der Waals surface area (Å²) in [7, 11) is 1.38. The topological polar surface area (TPSA) is 46.3 Å². The molecule has 3 nitrogen and oxygen atoms in total. The van der Waals surface area contributed by atoms with Crippen LogP contribution in [0.25, 0.3) is 0 Å². The highest BCUT2D eigenvalue weighted by Crippen LogP contribution is 2.19. The molecule has 19 heavy (non-hydrogen) atoms. The van der Waals surface area contributed by atoms with Gasteiger partial charge in [-0.1, -0.05) is 24.3 Å². The number of halogens is 3. The quantitative estimate of drug-likeness (QED) is 0.893. The third-order valence-corrected chi connectivity index (χ3v) is 2.77. The van der Waals surface area contributed by atoms with E-state index in [4.69, 9.17) is 5.73 Å². The molecule has 0 saturated carbocycles. The molecule has 6 heteroatoms. The van der Waals surface area contributed by atoms with Crippen molar-refractivity contribution >= 4 is 5.91 Å². The Bertz CT molecular complexity index is 415. The second kappa shape index (κ2) is 6.56. The number of carbonyl (C=O) groups excluding carboxylic acids is 1. The largest absolute Gasteiger partial charge is 0.390 e. The first-order valence-corrected chi connectivity index (χ1v) is 5.90. The van der Waals surface area contributed by atoms with E-state index in [-0.39, 0.29) is 18.9 Å². The Balaban J connectivity index is 2.49. The summed E-state index contributed by atoms with van der Waals surface area (Å²) in [5.41, 5.74) is 7.16. The van der Waals surface area contributed by atoms with Gasteiger partial charge in [-0.2, -0.15) is 13.2 Å². The van der Waals surface area contributed by atoms with Gasteiger partial charge in [0.1, 0.15) is 0 Å². The molecule has 0 aliphatic carbocycles. The summed E-state index contributed by atoms with van der Waals surface area (Å²) in [6, 6.07) is 7.13. The highest BCUT2D eigenvalue weighted by molar-refractivity contribution is 5.78. The standard InChI is InChI=1S/C13H17F3N2O/c1-18(7-6-13(14,15)16)12(19)8-10-2-4-11(9-17)5-3-10/h2-5H,6-9,17H2,1H3. The summed E-state index contributed by atoms with van der Waals surface area (Å²) in [6.45, 7) is 0.100. The van der Waals surface area contributed by atoms with Crippen LogP contribution in [0.5, 0.6) is 0 Å². The Hall–Kier alpha value is -1.56. The predicted molar refractivity (Wildman–Crippen MR) is 66.3 cm³/mol. The smallest absolute Gasteiger partial charge is 0.345 e. The van der Waals surface area contributed by atoms with E-state index < -0.39 is 12.6 Å². The van der Waals surface area contributed by atoms with Gasteiger partial charge in [0.15, 0.2) is 0 Å². The Morgan fingerprint density at radius 2 is 1.74 bits per heavy atom. The molecule has 0 spiro atoms. The SMILES string of the molecule is CN(CCC(F)(F)F)C(=O)Cc1ccc(CN)cc1. The zero-order chi connectivity index (χ0) is 14.5. The summed E-state index contributed by atoms with van der Waals surface area (Å²) < 4.78 is 36.1. The lowest BCUT2D eigenvalue weighted by atomic mass is 10.1. The van der Waals surface area contributed by atoms with Gasteiger partial charge in [-0.15, -0.1) is 0 Å². The van der Waals surface area contributed by atoms with Gasteiger partial charge in [0.2, 0.25) is 5.91 Å². The van der Waals surface area contributed by atoms with Crippen LogP contribution >= 0.6 is 0 Å². The third-order valence-electron chi connectivity index (χ3n) is 2.77. The van der Waals surface area contributed by atoms with E-state index in [1.807, 2.05) is 0 Å². The molecule has 0 atom stereocenters. The van der Waals surface area contributed by atoms with Crippen molar-refractivity contribution in [2.24, 2.45) is 5.73 Å². The number of rotatable bonds is 5. The lowest BCUT2D eigenvalue weighted by Gasteiger charge is -2.18. The molecule has 0 aliphatic rings. The van der Waals surface area contributed by atoms with E-state index in [1.165, 1.54) is 7.05 Å². The number of alkyl halides is 3. The minimum Gasteiger partial charge on any atom is -0.345 e. The lowest BCUT2D eigenvalue weighted by Crippen LogP contribution is -2.31. The second-order valence-corrected chi connectivity index (χ2v) is 4.38. The Morgan fingerprint density at radius 3 is 2.21 bits per heavy atom. The van der Waals surface area contributed by atoms with Crippen molar-refractivity contribution in [3.63, 3.8) is 0 Å². The second-order valence-electron chi connectivity index (χ2n) is 4.38. The summed E-state index contributed by atoms with van der Waals surface area (Å²) in [6.07, 6.45) is -5.13. The number of hydrogen-bond donors (Lipinski definition) is 1. The average Bonchev–Trinajstić information content (AvgIpc) is 2.36. The van der Waals surface area contributed by atoms with Crippen LogP contribution in [0.1, 0.15) is 17.5 Å². The maximum Gasteiger partial charge on any atom is 0.390 e. The molecule has 106 valence electrons. The minimum atomic E-state index is -4.24. The van der Waals surface area contributed by atoms with Crippen molar-refractivity contribution in [1.82, 2.24) is 4.90 Å². The van der Waals surface area contributed by atoms with Crippen LogP contribution in [-0.2, 0) is 17.8 Å². The Morgan fingerprint density at radius 1 is 1.21 bits per heavy atom. The van der Waals surface area contributed by atoms with Crippen molar-refractivity contribution in [2.75, 3.05) is 13.6 Å². The van der Waals surface area contributed by atoms with E-state index in [9.17, 15) is 18.0 Å². The van der Waals surface area contributed by atoms with Crippen LogP contribution in [0, 0.1) is 0 Å². The molecule has 1 amide bonds. The zero-order valence-electron chi connectivity index (χ0n) is 10.7. The van der Waals surface area contributed by atoms with Gasteiger partial charge in [-0.25, -0.2) is 0 Å². The van der Waals surface area contributed by atoms with Crippen molar-refractivity contribution < 1.29 is 18.0 Å². The first-order chi connectivity index (χ1) is 8.81. The Kier molecular flexibility index (Phi) is 5.35. The molecule has 0 unspecified atom stereocenters. The highest BCUT2D eigenvalue weighted by atomic mass is 19.4. The molecular formula is C13H17F3N2O. The highest BCUT2D eigenvalue weighted by Gasteiger charge is 2.27. The molecule has 1 aromatic rings. The maximum atomic E-state index is 12.0. The van der Waals surface area contributed by atoms with E-state index in [0.717, 1.165) is 16.0 Å². The fourth-order valence-electron chi connectivity index (χ4n) is 1.52. The van der Waals surface area contributed by atoms with Crippen LogP contribution in [0.15, 0.2) is 24.3 Å². The lowest BCUT2D eigenvalue weighted by molar-refractivity contribution is -0.143. The van der Waals surface area contributed by atoms with E-state index >= 15 is 0 Å². The monoisotopic (exact) mass is 274 g/mol. The van der Waals surface area contributed by atoms with Crippen molar-refractivity contribution in [3.8, 4) is 0 Å². The number of nitrogens with two attached hydrogens (primary N) is 1. The predicted octanol–water partition coefficient (Wildman–Crippen LogP) is 2.10. The van der Waals surface area contributed by atoms with Gasteiger partial charge in [0, 0.05) is 20.1 Å². The van der Waals surface area contributed by atoms with E-state index in [0.29, 0.717) is 6.54 Å². The first-order valence-electron chi connectivity index (χ1n) is 5.90. The molecule has 0 aromatic heterocycles. The molecule has 0 fully saturated rings. The average molecular weight is 274 g/mol. The van der Waals surface area contributed by atoms with Crippen LogP contribution in [0.4, 0.5) is 13.2 Å². The van der Waals surface area contributed by atoms with Gasteiger partial charge >= 0.3 is 6.18 Å². The fraction of sp³-hybridized carbons (Fsp3) is 0.462. The van der Waals surface area contributed by atoms with Crippen LogP contribution in [0.2, 0.25) is 0 Å². The number of benzene rings is 1. The number of likely N-dealkylation sites (N-methyl/N-ethyl adjacent to an activating group) is 1. The van der Waals surface area contributed by atoms with Crippen molar-refractivity contribution in [3.05, 3.63) is 35.4 Å². The minimum absolute atomic E-state index is 0.0964. The number of carbonyl (C=O) groups is 1. The van der Waals surface area contributed by atoms with Crippen LogP contribution in [-0.4, -0.2) is 30.6 Å². The normalized spacial score (nSPS) is 11.4. The molecule has 1 rings (SSSR count). The van der Waals surface area contributed by atoms with Gasteiger partial charge in [-0.3, -0.25) is 4.79 Å². The van der Waals surface area contributed by atoms with Gasteiger partial charge in [-0.05, 0) is 11.1 Å². The summed E-state index contributed by atoms with van der Waals surface area (Å²) in [5, 5.41) is 0. The maximum absolute atomic E-state index is 12.0. The van der Waals surface area contributed by atoms with Gasteiger partial charge in [0.05, 0.1) is 12.8 Å². The summed E-state index contributed by atoms with van der Waals surface area (Å²) in [4.78, 5) is 12.8. The number of nitrogens with zero attached hydrogens (tertiary/aromatic N) is 1. The molecule has 0 radical (unpaired) electrons. The molecular weight excluding hydrogens is 257 g/mol. The van der Waals surface area contributed by atoms with E-state index in [1.54, 1.807) is 24.3 Å². The molecule has 1 aromatic carbocycles. The third kappa shape index (κ3) is 5.74. The molecule has 0 heterocycles. The summed E-state index contributed by atoms with van der Waals surface area (Å²) >= 11 is 0. The Labute approximate surface area is 110 Å².